The van der Waals surface area contributed by atoms with E-state index < -0.39 is 36.5 Å². The number of ether oxygens (including phenoxy) is 4. The van der Waals surface area contributed by atoms with Crippen LogP contribution in [0.3, 0.4) is 0 Å². The molecule has 0 radical (unpaired) electrons. The Morgan fingerprint density at radius 2 is 2.03 bits per heavy atom. The molecule has 0 bridgehead atoms. The average molecular weight is 456 g/mol. The van der Waals surface area contributed by atoms with E-state index in [1.165, 1.54) is 16.8 Å². The van der Waals surface area contributed by atoms with Crippen LogP contribution in [0.25, 0.3) is 0 Å². The molecule has 0 amide bonds. The van der Waals surface area contributed by atoms with Gasteiger partial charge >= 0.3 is 24.0 Å². The van der Waals surface area contributed by atoms with Gasteiger partial charge in [0.05, 0.1) is 13.2 Å². The Labute approximate surface area is 174 Å². The Kier molecular flexibility index (Phi) is 10.2. The number of anilines is 1. The van der Waals surface area contributed by atoms with Crippen LogP contribution < -0.4 is 11.4 Å². The molecule has 0 saturated carbocycles. The fraction of sp³-hybridized carbons (Fsp3) is 0.625. The third-order valence-electron chi connectivity index (χ3n) is 3.44. The number of carbonyl (C=O) groups is 2. The second-order valence-electron chi connectivity index (χ2n) is 6.27. The molecule has 15 heteroatoms. The molecular formula is C16H23F3N4O8. The lowest BCUT2D eigenvalue weighted by molar-refractivity contribution is -0.192. The minimum atomic E-state index is -5.08. The van der Waals surface area contributed by atoms with Gasteiger partial charge in [-0.3, -0.25) is 4.57 Å². The third-order valence-corrected chi connectivity index (χ3v) is 3.44. The summed E-state index contributed by atoms with van der Waals surface area (Å²) in [6, 6.07) is 1.49. The van der Waals surface area contributed by atoms with E-state index in [1.54, 1.807) is 0 Å². The Morgan fingerprint density at radius 3 is 2.58 bits per heavy atom. The highest BCUT2D eigenvalue weighted by atomic mass is 19.4. The summed E-state index contributed by atoms with van der Waals surface area (Å²) in [4.78, 5) is 37.7. The van der Waals surface area contributed by atoms with Crippen molar-refractivity contribution in [2.45, 2.75) is 25.1 Å². The predicted octanol–water partition coefficient (Wildman–Crippen LogP) is 0.435. The minimum Gasteiger partial charge on any atom is -0.475 e. The number of hydrogen-bond donors (Lipinski definition) is 2. The molecule has 12 nitrogen and oxygen atoms in total. The van der Waals surface area contributed by atoms with Gasteiger partial charge in [0.15, 0.2) is 12.5 Å². The second-order valence-corrected chi connectivity index (χ2v) is 6.27. The normalized spacial score (nSPS) is 18.3. The summed E-state index contributed by atoms with van der Waals surface area (Å²) in [5.74, 6) is -2.63. The highest BCUT2D eigenvalue weighted by Crippen LogP contribution is 2.19. The highest BCUT2D eigenvalue weighted by molar-refractivity contribution is 5.73. The molecule has 3 N–H and O–H groups in total. The monoisotopic (exact) mass is 456 g/mol. The van der Waals surface area contributed by atoms with Crippen LogP contribution in [-0.2, 0) is 23.7 Å². The zero-order chi connectivity index (χ0) is 23.6. The van der Waals surface area contributed by atoms with E-state index in [0.717, 1.165) is 6.54 Å². The fourth-order valence-corrected chi connectivity index (χ4v) is 2.04. The third kappa shape index (κ3) is 10.1. The maximum absolute atomic E-state index is 11.7. The lowest BCUT2D eigenvalue weighted by Gasteiger charge is -2.13. The van der Waals surface area contributed by atoms with Crippen molar-refractivity contribution in [2.24, 2.45) is 0 Å². The topological polar surface area (TPSA) is 155 Å². The van der Waals surface area contributed by atoms with Crippen LogP contribution in [0.15, 0.2) is 17.1 Å². The molecule has 31 heavy (non-hydrogen) atoms. The van der Waals surface area contributed by atoms with Gasteiger partial charge < -0.3 is 34.7 Å². The van der Waals surface area contributed by atoms with Crippen LogP contribution in [0.2, 0.25) is 0 Å². The first-order valence-corrected chi connectivity index (χ1v) is 8.76. The van der Waals surface area contributed by atoms with Crippen molar-refractivity contribution in [3.05, 3.63) is 22.7 Å². The number of aliphatic carboxylic acids is 1. The van der Waals surface area contributed by atoms with E-state index in [4.69, 9.17) is 34.6 Å². The number of alkyl halides is 3. The van der Waals surface area contributed by atoms with E-state index >= 15 is 0 Å². The van der Waals surface area contributed by atoms with E-state index in [-0.39, 0.29) is 25.6 Å². The van der Waals surface area contributed by atoms with Gasteiger partial charge in [0.1, 0.15) is 12.4 Å². The fourth-order valence-electron chi connectivity index (χ4n) is 2.04. The lowest BCUT2D eigenvalue weighted by atomic mass is 10.4. The van der Waals surface area contributed by atoms with E-state index in [2.05, 4.69) is 4.98 Å². The molecule has 0 aromatic carbocycles. The number of aromatic nitrogens is 2. The largest absolute Gasteiger partial charge is 0.508 e. The molecule has 1 aromatic rings. The standard InChI is InChI=1S/C14H22N4O6.C2HF3O2/c1-17(2)5-3-7-21-14(20)23-9-12-22-8-11(24-12)18-6-4-10(15)16-13(18)19;3-2(4,5)1(6)7/h4,6,11-12H,3,5,7-9H2,1-2H3,(H2,15,16,19);(H,6,7). The number of carboxylic acid groups (broad SMARTS) is 1. The smallest absolute Gasteiger partial charge is 0.475 e. The van der Waals surface area contributed by atoms with Crippen molar-refractivity contribution in [3.63, 3.8) is 0 Å². The Balaban J connectivity index is 0.000000592. The van der Waals surface area contributed by atoms with Gasteiger partial charge in [-0.25, -0.2) is 14.4 Å². The molecule has 1 aliphatic rings. The molecule has 1 aliphatic heterocycles. The van der Waals surface area contributed by atoms with Crippen LogP contribution in [0.4, 0.5) is 23.8 Å². The Morgan fingerprint density at radius 1 is 1.39 bits per heavy atom. The predicted molar refractivity (Wildman–Crippen MR) is 96.9 cm³/mol. The second kappa shape index (κ2) is 12.1. The number of hydrogen-bond acceptors (Lipinski definition) is 10. The molecule has 1 saturated heterocycles. The highest BCUT2D eigenvalue weighted by Gasteiger charge is 2.38. The molecule has 2 heterocycles. The molecular weight excluding hydrogens is 433 g/mol. The van der Waals surface area contributed by atoms with Gasteiger partial charge in [-0.1, -0.05) is 0 Å². The molecule has 1 fully saturated rings. The number of carbonyl (C=O) groups excluding carboxylic acids is 1. The minimum absolute atomic E-state index is 0.125. The van der Waals surface area contributed by atoms with E-state index in [1.807, 2.05) is 19.0 Å². The summed E-state index contributed by atoms with van der Waals surface area (Å²) in [6.45, 7) is 1.10. The number of nitrogens with two attached hydrogens (primary N) is 1. The molecule has 2 unspecified atom stereocenters. The Bertz CT molecular complexity index is 787. The number of rotatable bonds is 7. The zero-order valence-corrected chi connectivity index (χ0v) is 16.7. The molecule has 176 valence electrons. The van der Waals surface area contributed by atoms with Crippen LogP contribution in [-0.4, -0.2) is 84.6 Å². The van der Waals surface area contributed by atoms with Crippen molar-refractivity contribution in [3.8, 4) is 0 Å². The Hall–Kier alpha value is -2.91. The number of nitrogens with zero attached hydrogens (tertiary/aromatic N) is 3. The van der Waals surface area contributed by atoms with Gasteiger partial charge in [-0.15, -0.1) is 0 Å². The summed E-state index contributed by atoms with van der Waals surface area (Å²) in [7, 11) is 3.87. The van der Waals surface area contributed by atoms with Crippen LogP contribution in [0.1, 0.15) is 12.6 Å². The van der Waals surface area contributed by atoms with Gasteiger partial charge in [0, 0.05) is 12.7 Å². The van der Waals surface area contributed by atoms with Crippen molar-refractivity contribution < 1.29 is 46.8 Å². The van der Waals surface area contributed by atoms with Crippen molar-refractivity contribution in [1.82, 2.24) is 14.5 Å². The molecule has 2 atom stereocenters. The first-order valence-electron chi connectivity index (χ1n) is 8.76. The van der Waals surface area contributed by atoms with Crippen molar-refractivity contribution in [2.75, 3.05) is 46.2 Å². The van der Waals surface area contributed by atoms with E-state index in [9.17, 15) is 22.8 Å². The zero-order valence-electron chi connectivity index (χ0n) is 16.7. The summed E-state index contributed by atoms with van der Waals surface area (Å²) in [5, 5.41) is 7.12. The van der Waals surface area contributed by atoms with Gasteiger partial charge in [0.2, 0.25) is 0 Å². The summed E-state index contributed by atoms with van der Waals surface area (Å²) in [5.41, 5.74) is 4.89. The molecule has 2 rings (SSSR count). The number of carboxylic acids is 1. The molecule has 0 aliphatic carbocycles. The maximum Gasteiger partial charge on any atom is 0.508 e. The number of nitrogen functional groups attached to an aromatic ring is 1. The summed E-state index contributed by atoms with van der Waals surface area (Å²) in [6.07, 6.45) is -5.09. The van der Waals surface area contributed by atoms with Gasteiger partial charge in [0.25, 0.3) is 0 Å². The van der Waals surface area contributed by atoms with Crippen molar-refractivity contribution in [1.29, 1.82) is 0 Å². The van der Waals surface area contributed by atoms with Crippen LogP contribution in [0.5, 0.6) is 0 Å². The average Bonchev–Trinajstić information content (AvgIpc) is 3.12. The molecule has 0 spiro atoms. The summed E-state index contributed by atoms with van der Waals surface area (Å²) >= 11 is 0. The SMILES string of the molecule is CN(C)CCCOC(=O)OCC1OCC(n2ccc(N)nc2=O)O1.O=C(O)C(F)(F)F. The lowest BCUT2D eigenvalue weighted by Crippen LogP contribution is -2.29. The van der Waals surface area contributed by atoms with Crippen LogP contribution >= 0.6 is 0 Å². The quantitative estimate of drug-likeness (QED) is 0.433. The first kappa shape index (κ1) is 26.1. The van der Waals surface area contributed by atoms with Gasteiger partial charge in [-0.05, 0) is 26.6 Å². The summed E-state index contributed by atoms with van der Waals surface area (Å²) < 4.78 is 53.7. The first-order chi connectivity index (χ1) is 14.4. The van der Waals surface area contributed by atoms with Crippen molar-refractivity contribution >= 4 is 17.9 Å². The molecule has 1 aromatic heterocycles. The van der Waals surface area contributed by atoms with Gasteiger partial charge in [-0.2, -0.15) is 18.2 Å². The van der Waals surface area contributed by atoms with Crippen LogP contribution in [0, 0.1) is 0 Å². The number of halogens is 3. The van der Waals surface area contributed by atoms with E-state index in [0.29, 0.717) is 6.42 Å². The maximum atomic E-state index is 11.7.